The summed E-state index contributed by atoms with van der Waals surface area (Å²) < 4.78 is 78.1. The number of benzene rings is 1. The van der Waals surface area contributed by atoms with E-state index in [2.05, 4.69) is 8.75 Å². The zero-order chi connectivity index (χ0) is 26.6. The molecule has 2 aromatic heterocycles. The zero-order valence-electron chi connectivity index (χ0n) is 20.6. The monoisotopic (exact) mass is 553 g/mol. The van der Waals surface area contributed by atoms with Crippen LogP contribution in [0.5, 0.6) is 5.75 Å². The van der Waals surface area contributed by atoms with Crippen LogP contribution in [0.2, 0.25) is 0 Å². The van der Waals surface area contributed by atoms with Crippen molar-refractivity contribution >= 4 is 30.7 Å². The van der Waals surface area contributed by atoms with E-state index in [-0.39, 0.29) is 41.9 Å². The van der Waals surface area contributed by atoms with Gasteiger partial charge in [-0.2, -0.15) is 0 Å². The Hall–Kier alpha value is -2.73. The highest BCUT2D eigenvalue weighted by molar-refractivity contribution is 8.03. The molecular formula is C25H29F2N3O5S2. The van der Waals surface area contributed by atoms with Crippen LogP contribution in [0.3, 0.4) is 0 Å². The van der Waals surface area contributed by atoms with E-state index in [1.165, 1.54) is 10.6 Å². The molecule has 37 heavy (non-hydrogen) atoms. The number of nitrogens with one attached hydrogen (secondary N) is 1. The fourth-order valence-electron chi connectivity index (χ4n) is 4.67. The number of fused-ring (bicyclic) bond motifs is 1. The highest BCUT2D eigenvalue weighted by atomic mass is 32.3. The van der Waals surface area contributed by atoms with Gasteiger partial charge >= 0.3 is 0 Å². The predicted octanol–water partition coefficient (Wildman–Crippen LogP) is 4.83. The van der Waals surface area contributed by atoms with E-state index in [0.717, 1.165) is 0 Å². The summed E-state index contributed by atoms with van der Waals surface area (Å²) in [6, 6.07) is 6.46. The molecule has 1 aromatic carbocycles. The van der Waals surface area contributed by atoms with Crippen molar-refractivity contribution in [3.05, 3.63) is 47.0 Å². The molecule has 0 aliphatic heterocycles. The Morgan fingerprint density at radius 3 is 2.46 bits per heavy atom. The molecule has 200 valence electrons. The topological polar surface area (TPSA) is 111 Å². The summed E-state index contributed by atoms with van der Waals surface area (Å²) in [5.41, 5.74) is 1.21. The van der Waals surface area contributed by atoms with E-state index < -0.39 is 37.0 Å². The van der Waals surface area contributed by atoms with Crippen molar-refractivity contribution in [1.82, 2.24) is 9.55 Å². The molecule has 5 rings (SSSR count). The van der Waals surface area contributed by atoms with Crippen molar-refractivity contribution in [2.24, 2.45) is 10.8 Å². The molecule has 1 unspecified atom stereocenters. The number of hydrogen-bond donors (Lipinski definition) is 1. The standard InChI is InChI=1S/C25H29F2N3O5S2/c1-3-36(32,29-37(33,34)17-4-5-17)18-6-7-22(35-16-8-11-25(26,27)12-9-16)20(14-18)21-15-30(2)24(31)23-19(21)10-13-28-23/h6-7,10,13-17,28H,3-5,8-9,11-12H2,1-2H3. The Bertz CT molecular complexity index is 1640. The zero-order valence-corrected chi connectivity index (χ0v) is 22.2. The summed E-state index contributed by atoms with van der Waals surface area (Å²) in [7, 11) is -5.58. The summed E-state index contributed by atoms with van der Waals surface area (Å²) in [5.74, 6) is -2.34. The molecule has 12 heteroatoms. The molecule has 0 bridgehead atoms. The molecule has 0 radical (unpaired) electrons. The predicted molar refractivity (Wildman–Crippen MR) is 138 cm³/mol. The van der Waals surface area contributed by atoms with E-state index in [9.17, 15) is 26.2 Å². The second kappa shape index (κ2) is 9.23. The quantitative estimate of drug-likeness (QED) is 0.451. The van der Waals surface area contributed by atoms with Gasteiger partial charge in [0.2, 0.25) is 5.92 Å². The van der Waals surface area contributed by atoms with Gasteiger partial charge in [0, 0.05) is 59.4 Å². The normalized spacial score (nSPS) is 20.0. The first-order valence-corrected chi connectivity index (χ1v) is 15.5. The van der Waals surface area contributed by atoms with Gasteiger partial charge in [0.1, 0.15) is 11.3 Å². The van der Waals surface area contributed by atoms with Crippen LogP contribution in [0, 0.1) is 0 Å². The first kappa shape index (κ1) is 25.9. The number of ether oxygens (including phenoxy) is 1. The number of aromatic nitrogens is 2. The molecule has 3 aromatic rings. The number of sulfonamides is 1. The lowest BCUT2D eigenvalue weighted by Gasteiger charge is -2.29. The summed E-state index contributed by atoms with van der Waals surface area (Å²) in [5, 5.41) is 0.0142. The smallest absolute Gasteiger partial charge is 0.274 e. The van der Waals surface area contributed by atoms with Gasteiger partial charge in [-0.05, 0) is 49.9 Å². The maximum atomic E-state index is 13.9. The van der Waals surface area contributed by atoms with Crippen LogP contribution in [0.15, 0.2) is 50.1 Å². The number of aromatic amines is 1. The van der Waals surface area contributed by atoms with Crippen LogP contribution in [-0.4, -0.2) is 45.2 Å². The number of alkyl halides is 2. The first-order chi connectivity index (χ1) is 17.4. The molecule has 1 atom stereocenters. The third kappa shape index (κ3) is 5.05. The molecule has 0 amide bonds. The Morgan fingerprint density at radius 2 is 1.81 bits per heavy atom. The third-order valence-corrected chi connectivity index (χ3v) is 11.9. The average Bonchev–Trinajstić information content (AvgIpc) is 3.61. The van der Waals surface area contributed by atoms with E-state index >= 15 is 0 Å². The number of halogens is 2. The largest absolute Gasteiger partial charge is 0.490 e. The Morgan fingerprint density at radius 1 is 1.11 bits per heavy atom. The average molecular weight is 554 g/mol. The third-order valence-electron chi connectivity index (χ3n) is 7.02. The Kier molecular flexibility index (Phi) is 6.46. The number of aryl methyl sites for hydroxylation is 1. The van der Waals surface area contributed by atoms with Crippen LogP contribution in [-0.2, 0) is 26.8 Å². The minimum absolute atomic E-state index is 0.0108. The number of hydrogen-bond acceptors (Lipinski definition) is 5. The molecule has 1 N–H and O–H groups in total. The number of rotatable bonds is 7. The minimum atomic E-state index is -3.87. The first-order valence-electron chi connectivity index (χ1n) is 12.3. The van der Waals surface area contributed by atoms with Gasteiger partial charge < -0.3 is 14.3 Å². The van der Waals surface area contributed by atoms with Crippen LogP contribution in [0.1, 0.15) is 45.4 Å². The lowest BCUT2D eigenvalue weighted by Crippen LogP contribution is -2.30. The van der Waals surface area contributed by atoms with E-state index in [0.29, 0.717) is 40.6 Å². The van der Waals surface area contributed by atoms with Gasteiger partial charge in [0.05, 0.1) is 21.1 Å². The summed E-state index contributed by atoms with van der Waals surface area (Å²) >= 11 is 0. The van der Waals surface area contributed by atoms with Crippen molar-refractivity contribution in [3.8, 4) is 16.9 Å². The Labute approximate surface area is 214 Å². The summed E-state index contributed by atoms with van der Waals surface area (Å²) in [4.78, 5) is 15.8. The number of nitrogens with zero attached hydrogens (tertiary/aromatic N) is 2. The van der Waals surface area contributed by atoms with Crippen molar-refractivity contribution in [1.29, 1.82) is 0 Å². The van der Waals surface area contributed by atoms with Gasteiger partial charge in [-0.3, -0.25) is 4.79 Å². The van der Waals surface area contributed by atoms with Crippen molar-refractivity contribution in [2.45, 2.75) is 67.6 Å². The molecule has 2 fully saturated rings. The maximum Gasteiger partial charge on any atom is 0.274 e. The molecule has 0 spiro atoms. The second-order valence-electron chi connectivity index (χ2n) is 9.77. The van der Waals surface area contributed by atoms with Crippen molar-refractivity contribution < 1.29 is 26.1 Å². The van der Waals surface area contributed by atoms with E-state index in [4.69, 9.17) is 4.74 Å². The van der Waals surface area contributed by atoms with Crippen molar-refractivity contribution in [3.63, 3.8) is 0 Å². The molecule has 2 saturated carbocycles. The molecule has 2 aliphatic carbocycles. The Balaban J connectivity index is 1.67. The van der Waals surface area contributed by atoms with E-state index in [1.54, 1.807) is 44.6 Å². The van der Waals surface area contributed by atoms with Gasteiger partial charge in [-0.1, -0.05) is 6.92 Å². The fourth-order valence-corrected chi connectivity index (χ4v) is 8.92. The van der Waals surface area contributed by atoms with Crippen LogP contribution < -0.4 is 10.3 Å². The molecular weight excluding hydrogens is 524 g/mol. The molecule has 2 heterocycles. The molecule has 0 saturated heterocycles. The number of pyridine rings is 1. The molecule has 2 aliphatic rings. The van der Waals surface area contributed by atoms with Crippen LogP contribution in [0.25, 0.3) is 22.0 Å². The van der Waals surface area contributed by atoms with Gasteiger partial charge in [-0.15, -0.1) is 3.77 Å². The van der Waals surface area contributed by atoms with Crippen LogP contribution >= 0.6 is 0 Å². The van der Waals surface area contributed by atoms with Gasteiger partial charge in [0.15, 0.2) is 0 Å². The second-order valence-corrected chi connectivity index (χ2v) is 14.4. The SMILES string of the molecule is CCS(=O)(=NS(=O)(=O)C1CC1)c1ccc(OC2CCC(F)(F)CC2)c(-c2cn(C)c(=O)c3[nH]ccc23)c1. The lowest BCUT2D eigenvalue weighted by molar-refractivity contribution is -0.0581. The maximum absolute atomic E-state index is 13.9. The van der Waals surface area contributed by atoms with Crippen LogP contribution in [0.4, 0.5) is 8.78 Å². The van der Waals surface area contributed by atoms with E-state index in [1.807, 2.05) is 0 Å². The highest BCUT2D eigenvalue weighted by Gasteiger charge is 2.38. The lowest BCUT2D eigenvalue weighted by atomic mass is 9.94. The van der Waals surface area contributed by atoms with Gasteiger partial charge in [-0.25, -0.2) is 21.4 Å². The molecule has 8 nitrogen and oxygen atoms in total. The highest BCUT2D eigenvalue weighted by Crippen LogP contribution is 2.40. The van der Waals surface area contributed by atoms with Crippen molar-refractivity contribution in [2.75, 3.05) is 5.75 Å². The summed E-state index contributed by atoms with van der Waals surface area (Å²) in [6.07, 6.45) is 3.67. The minimum Gasteiger partial charge on any atom is -0.490 e. The fraction of sp³-hybridized carbons (Fsp3) is 0.480. The number of H-pyrrole nitrogens is 1. The summed E-state index contributed by atoms with van der Waals surface area (Å²) in [6.45, 7) is 1.62. The van der Waals surface area contributed by atoms with Gasteiger partial charge in [0.25, 0.3) is 15.6 Å².